The Balaban J connectivity index is 2.20. The van der Waals surface area contributed by atoms with Crippen molar-refractivity contribution in [3.63, 3.8) is 0 Å². The summed E-state index contributed by atoms with van der Waals surface area (Å²) in [4.78, 5) is 13.3. The first-order chi connectivity index (χ1) is 9.79. The van der Waals surface area contributed by atoms with Gasteiger partial charge in [0.2, 0.25) is 0 Å². The number of benzene rings is 2. The van der Waals surface area contributed by atoms with Gasteiger partial charge >= 0.3 is 5.97 Å². The Bertz CT molecular complexity index is 564. The van der Waals surface area contributed by atoms with Gasteiger partial charge in [-0.2, -0.15) is 0 Å². The highest BCUT2D eigenvalue weighted by Gasteiger charge is 2.04. The number of ether oxygens (including phenoxy) is 1. The Kier molecular flexibility index (Phi) is 4.95. The van der Waals surface area contributed by atoms with E-state index >= 15 is 0 Å². The molecule has 0 N–H and O–H groups in total. The van der Waals surface area contributed by atoms with Crippen molar-refractivity contribution in [3.8, 4) is 0 Å². The summed E-state index contributed by atoms with van der Waals surface area (Å²) in [6.45, 7) is 0.693. The molecule has 3 heteroatoms. The van der Waals surface area contributed by atoms with Crippen molar-refractivity contribution in [3.05, 3.63) is 78.5 Å². The molecule has 0 fully saturated rings. The molecule has 0 aromatic heterocycles. The van der Waals surface area contributed by atoms with Crippen molar-refractivity contribution < 1.29 is 9.53 Å². The average Bonchev–Trinajstić information content (AvgIpc) is 2.53. The number of hydrogen-bond donors (Lipinski definition) is 0. The van der Waals surface area contributed by atoms with Gasteiger partial charge in [0.1, 0.15) is 0 Å². The standard InChI is InChI=1S/C17H17NO2/c1-20-17(19)12-13-18(16-10-6-3-7-11-16)14-15-8-4-2-5-9-15/h2-13H,14H2,1H3/b13-12+. The molecule has 0 saturated heterocycles. The number of anilines is 1. The van der Waals surface area contributed by atoms with Gasteiger partial charge in [0.25, 0.3) is 0 Å². The molecule has 0 unspecified atom stereocenters. The van der Waals surface area contributed by atoms with Crippen LogP contribution in [-0.4, -0.2) is 13.1 Å². The van der Waals surface area contributed by atoms with E-state index in [-0.39, 0.29) is 5.97 Å². The maximum absolute atomic E-state index is 11.3. The minimum Gasteiger partial charge on any atom is -0.466 e. The molecule has 2 aromatic rings. The number of nitrogens with zero attached hydrogens (tertiary/aromatic N) is 1. The lowest BCUT2D eigenvalue weighted by Crippen LogP contribution is -2.16. The minimum absolute atomic E-state index is 0.362. The molecule has 2 rings (SSSR count). The fraction of sp³-hybridized carbons (Fsp3) is 0.118. The third kappa shape index (κ3) is 3.99. The molecule has 20 heavy (non-hydrogen) atoms. The first-order valence-corrected chi connectivity index (χ1v) is 6.41. The largest absolute Gasteiger partial charge is 0.466 e. The van der Waals surface area contributed by atoms with Crippen molar-refractivity contribution in [1.82, 2.24) is 0 Å². The van der Waals surface area contributed by atoms with Crippen LogP contribution < -0.4 is 4.90 Å². The highest BCUT2D eigenvalue weighted by Crippen LogP contribution is 2.17. The fourth-order valence-corrected chi connectivity index (χ4v) is 1.85. The summed E-state index contributed by atoms with van der Waals surface area (Å²) in [5, 5.41) is 0. The number of para-hydroxylation sites is 1. The van der Waals surface area contributed by atoms with Crippen LogP contribution in [0, 0.1) is 0 Å². The van der Waals surface area contributed by atoms with Crippen LogP contribution in [0.2, 0.25) is 0 Å². The van der Waals surface area contributed by atoms with E-state index in [9.17, 15) is 4.79 Å². The highest BCUT2D eigenvalue weighted by molar-refractivity contribution is 5.82. The molecule has 2 aromatic carbocycles. The van der Waals surface area contributed by atoms with Gasteiger partial charge in [-0.15, -0.1) is 0 Å². The molecular formula is C17H17NO2. The second-order valence-corrected chi connectivity index (χ2v) is 4.29. The molecule has 0 heterocycles. The lowest BCUT2D eigenvalue weighted by atomic mass is 10.2. The van der Waals surface area contributed by atoms with E-state index in [4.69, 9.17) is 0 Å². The number of carbonyl (C=O) groups is 1. The molecule has 0 spiro atoms. The molecule has 0 saturated carbocycles. The van der Waals surface area contributed by atoms with Crippen LogP contribution in [0.25, 0.3) is 0 Å². The number of rotatable bonds is 5. The topological polar surface area (TPSA) is 29.5 Å². The van der Waals surface area contributed by atoms with Crippen LogP contribution in [-0.2, 0) is 16.1 Å². The first kappa shape index (κ1) is 13.9. The summed E-state index contributed by atoms with van der Waals surface area (Å²) in [6.07, 6.45) is 3.17. The zero-order valence-corrected chi connectivity index (χ0v) is 11.4. The van der Waals surface area contributed by atoms with E-state index in [0.717, 1.165) is 5.69 Å². The van der Waals surface area contributed by atoms with Crippen molar-refractivity contribution in [2.24, 2.45) is 0 Å². The quantitative estimate of drug-likeness (QED) is 0.614. The first-order valence-electron chi connectivity index (χ1n) is 6.41. The number of carbonyl (C=O) groups excluding carboxylic acids is 1. The third-order valence-corrected chi connectivity index (χ3v) is 2.88. The Hall–Kier alpha value is -2.55. The van der Waals surface area contributed by atoms with E-state index in [1.807, 2.05) is 53.4 Å². The monoisotopic (exact) mass is 267 g/mol. The van der Waals surface area contributed by atoms with Gasteiger partial charge in [-0.25, -0.2) is 4.79 Å². The molecule has 3 nitrogen and oxygen atoms in total. The molecule has 0 bridgehead atoms. The molecular weight excluding hydrogens is 250 g/mol. The Morgan fingerprint density at radius 3 is 2.25 bits per heavy atom. The van der Waals surface area contributed by atoms with Gasteiger partial charge in [-0.1, -0.05) is 48.5 Å². The Morgan fingerprint density at radius 2 is 1.65 bits per heavy atom. The zero-order valence-electron chi connectivity index (χ0n) is 11.4. The predicted molar refractivity (Wildman–Crippen MR) is 80.2 cm³/mol. The van der Waals surface area contributed by atoms with Crippen LogP contribution >= 0.6 is 0 Å². The SMILES string of the molecule is COC(=O)/C=C/N(Cc1ccccc1)c1ccccc1. The second-order valence-electron chi connectivity index (χ2n) is 4.29. The number of methoxy groups -OCH3 is 1. The second kappa shape index (κ2) is 7.14. The maximum Gasteiger partial charge on any atom is 0.331 e. The highest BCUT2D eigenvalue weighted by atomic mass is 16.5. The van der Waals surface area contributed by atoms with Crippen molar-refractivity contribution in [2.75, 3.05) is 12.0 Å². The van der Waals surface area contributed by atoms with E-state index in [2.05, 4.69) is 16.9 Å². The van der Waals surface area contributed by atoms with Crippen LogP contribution in [0.1, 0.15) is 5.56 Å². The van der Waals surface area contributed by atoms with E-state index in [1.165, 1.54) is 18.7 Å². The van der Waals surface area contributed by atoms with Gasteiger partial charge in [-0.3, -0.25) is 0 Å². The lowest BCUT2D eigenvalue weighted by Gasteiger charge is -2.20. The molecule has 0 atom stereocenters. The summed E-state index contributed by atoms with van der Waals surface area (Å²) in [7, 11) is 1.37. The molecule has 0 aliphatic rings. The summed E-state index contributed by atoms with van der Waals surface area (Å²) in [5.41, 5.74) is 2.20. The van der Waals surface area contributed by atoms with Gasteiger partial charge in [-0.05, 0) is 17.7 Å². The van der Waals surface area contributed by atoms with Crippen LogP contribution in [0.4, 0.5) is 5.69 Å². The average molecular weight is 267 g/mol. The third-order valence-electron chi connectivity index (χ3n) is 2.88. The summed E-state index contributed by atoms with van der Waals surface area (Å²) >= 11 is 0. The Labute approximate surface area is 119 Å². The number of esters is 1. The zero-order chi connectivity index (χ0) is 14.2. The normalized spacial score (nSPS) is 10.4. The summed E-state index contributed by atoms with van der Waals surface area (Å²) < 4.78 is 4.63. The maximum atomic E-state index is 11.3. The summed E-state index contributed by atoms with van der Waals surface area (Å²) in [6, 6.07) is 20.0. The number of hydrogen-bond acceptors (Lipinski definition) is 3. The smallest absolute Gasteiger partial charge is 0.331 e. The van der Waals surface area contributed by atoms with Crippen molar-refractivity contribution in [1.29, 1.82) is 0 Å². The lowest BCUT2D eigenvalue weighted by molar-refractivity contribution is -0.134. The van der Waals surface area contributed by atoms with Crippen molar-refractivity contribution in [2.45, 2.75) is 6.54 Å². The van der Waals surface area contributed by atoms with E-state index in [0.29, 0.717) is 6.54 Å². The molecule has 0 aliphatic heterocycles. The van der Waals surface area contributed by atoms with Gasteiger partial charge in [0, 0.05) is 24.5 Å². The van der Waals surface area contributed by atoms with Gasteiger partial charge < -0.3 is 9.64 Å². The predicted octanol–water partition coefficient (Wildman–Crippen LogP) is 3.38. The van der Waals surface area contributed by atoms with Crippen LogP contribution in [0.15, 0.2) is 72.9 Å². The fourth-order valence-electron chi connectivity index (χ4n) is 1.85. The van der Waals surface area contributed by atoms with Gasteiger partial charge in [0.05, 0.1) is 7.11 Å². The van der Waals surface area contributed by atoms with Gasteiger partial charge in [0.15, 0.2) is 0 Å². The van der Waals surface area contributed by atoms with Crippen LogP contribution in [0.5, 0.6) is 0 Å². The molecule has 0 radical (unpaired) electrons. The minimum atomic E-state index is -0.362. The Morgan fingerprint density at radius 1 is 1.05 bits per heavy atom. The molecule has 0 aliphatic carbocycles. The molecule has 0 amide bonds. The van der Waals surface area contributed by atoms with E-state index < -0.39 is 0 Å². The van der Waals surface area contributed by atoms with E-state index in [1.54, 1.807) is 6.20 Å². The van der Waals surface area contributed by atoms with Crippen LogP contribution in [0.3, 0.4) is 0 Å². The summed E-state index contributed by atoms with van der Waals surface area (Å²) in [5.74, 6) is -0.362. The van der Waals surface area contributed by atoms with Crippen molar-refractivity contribution >= 4 is 11.7 Å². The molecule has 102 valence electrons.